The fraction of sp³-hybridized carbons (Fsp3) is 0. The number of carbonyl (C=O) groups is 1. The first-order valence-corrected chi connectivity index (χ1v) is 5.01. The van der Waals surface area contributed by atoms with Gasteiger partial charge in [-0.05, 0) is 12.1 Å². The fourth-order valence-electron chi connectivity index (χ4n) is 0.932. The molecular formula is C7H5O5P. The number of para-hydroxylation sites is 2. The topological polar surface area (TPSA) is 72.8 Å². The number of carbonyl (C=O) groups excluding carboxylic acids is 1. The number of fused-ring (bicyclic) bond motifs is 1. The number of benzene rings is 1. The minimum Gasteiger partial charge on any atom is -0.413 e. The molecule has 0 radical (unpaired) electrons. The molecule has 5 nitrogen and oxygen atoms in total. The third-order valence-electron chi connectivity index (χ3n) is 1.50. The lowest BCUT2D eigenvalue weighted by molar-refractivity contribution is 0.206. The monoisotopic (exact) mass is 200 g/mol. The van der Waals surface area contributed by atoms with Gasteiger partial charge >= 0.3 is 13.3 Å². The van der Waals surface area contributed by atoms with Crippen LogP contribution in [-0.4, -0.2) is 10.6 Å². The van der Waals surface area contributed by atoms with E-state index in [1.807, 2.05) is 0 Å². The number of hydrogen-bond donors (Lipinski definition) is 1. The van der Waals surface area contributed by atoms with E-state index in [4.69, 9.17) is 4.89 Å². The molecule has 68 valence electrons. The summed E-state index contributed by atoms with van der Waals surface area (Å²) >= 11 is 0. The summed E-state index contributed by atoms with van der Waals surface area (Å²) in [7, 11) is -4.27. The van der Waals surface area contributed by atoms with Crippen LogP contribution in [0.5, 0.6) is 11.5 Å². The average molecular weight is 200 g/mol. The molecule has 2 rings (SSSR count). The van der Waals surface area contributed by atoms with Crippen LogP contribution in [0.15, 0.2) is 24.3 Å². The molecule has 13 heavy (non-hydrogen) atoms. The first-order chi connectivity index (χ1) is 6.09. The van der Waals surface area contributed by atoms with Gasteiger partial charge in [0, 0.05) is 0 Å². The van der Waals surface area contributed by atoms with Crippen molar-refractivity contribution in [3.63, 3.8) is 0 Å². The van der Waals surface area contributed by atoms with Crippen LogP contribution in [0, 0.1) is 0 Å². The molecule has 0 aliphatic carbocycles. The summed E-state index contributed by atoms with van der Waals surface area (Å²) in [6.45, 7) is 0. The van der Waals surface area contributed by atoms with Gasteiger partial charge in [-0.25, -0.2) is 9.36 Å². The van der Waals surface area contributed by atoms with Gasteiger partial charge < -0.3 is 14.2 Å². The van der Waals surface area contributed by atoms with E-state index in [-0.39, 0.29) is 11.5 Å². The third-order valence-corrected chi connectivity index (χ3v) is 2.50. The zero-order valence-corrected chi connectivity index (χ0v) is 7.23. The summed E-state index contributed by atoms with van der Waals surface area (Å²) in [5.41, 5.74) is -1.24. The second-order valence-corrected chi connectivity index (χ2v) is 4.01. The summed E-state index contributed by atoms with van der Waals surface area (Å²) in [5.74, 6) is 0.265. The average Bonchev–Trinajstić information content (AvgIpc) is 2.06. The van der Waals surface area contributed by atoms with E-state index < -0.39 is 13.3 Å². The Bertz CT molecular complexity index is 413. The van der Waals surface area contributed by atoms with Crippen LogP contribution in [0.2, 0.25) is 0 Å². The lowest BCUT2D eigenvalue weighted by atomic mass is 10.3. The molecule has 1 unspecified atom stereocenters. The van der Waals surface area contributed by atoms with Crippen molar-refractivity contribution < 1.29 is 23.5 Å². The van der Waals surface area contributed by atoms with Crippen molar-refractivity contribution >= 4 is 13.3 Å². The van der Waals surface area contributed by atoms with Crippen LogP contribution >= 0.6 is 7.60 Å². The molecule has 1 aromatic rings. The van der Waals surface area contributed by atoms with Gasteiger partial charge in [0.2, 0.25) is 0 Å². The first-order valence-electron chi connectivity index (χ1n) is 3.43. The van der Waals surface area contributed by atoms with Crippen LogP contribution in [0.25, 0.3) is 0 Å². The van der Waals surface area contributed by atoms with Gasteiger partial charge in [0.15, 0.2) is 11.5 Å². The van der Waals surface area contributed by atoms with Crippen molar-refractivity contribution in [1.29, 1.82) is 0 Å². The van der Waals surface area contributed by atoms with Crippen molar-refractivity contribution in [2.24, 2.45) is 0 Å². The van der Waals surface area contributed by atoms with Gasteiger partial charge in [0.05, 0.1) is 0 Å². The molecular weight excluding hydrogens is 195 g/mol. The van der Waals surface area contributed by atoms with Crippen molar-refractivity contribution in [2.75, 3.05) is 0 Å². The van der Waals surface area contributed by atoms with Gasteiger partial charge in [-0.3, -0.25) is 0 Å². The Morgan fingerprint density at radius 2 is 1.85 bits per heavy atom. The van der Waals surface area contributed by atoms with Crippen LogP contribution in [0.3, 0.4) is 0 Å². The summed E-state index contributed by atoms with van der Waals surface area (Å²) in [6.07, 6.45) is 0. The molecule has 1 N–H and O–H groups in total. The molecule has 1 aromatic carbocycles. The van der Waals surface area contributed by atoms with E-state index in [2.05, 4.69) is 9.26 Å². The van der Waals surface area contributed by atoms with E-state index in [0.717, 1.165) is 0 Å². The van der Waals surface area contributed by atoms with E-state index in [0.29, 0.717) is 0 Å². The highest BCUT2D eigenvalue weighted by Crippen LogP contribution is 2.51. The Labute approximate surface area is 73.4 Å². The van der Waals surface area contributed by atoms with Gasteiger partial charge in [0.25, 0.3) is 0 Å². The molecule has 1 heterocycles. The number of rotatable bonds is 0. The SMILES string of the molecule is O=C1Oc2ccccc2OP1(=O)O. The van der Waals surface area contributed by atoms with Crippen LogP contribution in [-0.2, 0) is 4.57 Å². The molecule has 0 saturated heterocycles. The minimum absolute atomic E-state index is 0.105. The summed E-state index contributed by atoms with van der Waals surface area (Å²) in [6, 6.07) is 6.16. The fourth-order valence-corrected chi connectivity index (χ4v) is 1.64. The molecule has 1 atom stereocenters. The van der Waals surface area contributed by atoms with E-state index >= 15 is 0 Å². The zero-order chi connectivity index (χ0) is 9.47. The van der Waals surface area contributed by atoms with Crippen LogP contribution in [0.1, 0.15) is 0 Å². The summed E-state index contributed by atoms with van der Waals surface area (Å²) in [5, 5.41) is 0. The molecule has 0 spiro atoms. The Balaban J connectivity index is 2.50. The highest BCUT2D eigenvalue weighted by Gasteiger charge is 2.40. The smallest absolute Gasteiger partial charge is 0.413 e. The van der Waals surface area contributed by atoms with Gasteiger partial charge in [-0.2, -0.15) is 0 Å². The summed E-state index contributed by atoms with van der Waals surface area (Å²) < 4.78 is 20.1. The maximum Gasteiger partial charge on any atom is 0.485 e. The lowest BCUT2D eigenvalue weighted by Gasteiger charge is -2.19. The van der Waals surface area contributed by atoms with Crippen LogP contribution < -0.4 is 9.26 Å². The number of hydrogen-bond acceptors (Lipinski definition) is 4. The predicted molar refractivity (Wildman–Crippen MR) is 42.9 cm³/mol. The van der Waals surface area contributed by atoms with Gasteiger partial charge in [0.1, 0.15) is 0 Å². The second-order valence-electron chi connectivity index (χ2n) is 2.43. The third kappa shape index (κ3) is 1.32. The molecule has 0 aromatic heterocycles. The van der Waals surface area contributed by atoms with Crippen molar-refractivity contribution in [2.45, 2.75) is 0 Å². The van der Waals surface area contributed by atoms with E-state index in [1.54, 1.807) is 12.1 Å². The standard InChI is InChI=1S/C7H5O5P/c8-7-11-5-3-1-2-4-6(5)12-13(7,9)10/h1-4H,(H,9,10). The van der Waals surface area contributed by atoms with Gasteiger partial charge in [-0.1, -0.05) is 12.1 Å². The predicted octanol–water partition coefficient (Wildman–Crippen LogP) is 1.76. The molecule has 0 bridgehead atoms. The second kappa shape index (κ2) is 2.58. The molecule has 0 amide bonds. The Hall–Kier alpha value is -1.32. The molecule has 0 fully saturated rings. The Kier molecular flexibility index (Phi) is 1.65. The first kappa shape index (κ1) is 8.29. The Morgan fingerprint density at radius 1 is 1.23 bits per heavy atom. The molecule has 1 aliphatic rings. The highest BCUT2D eigenvalue weighted by atomic mass is 31.2. The summed E-state index contributed by atoms with van der Waals surface area (Å²) in [4.78, 5) is 19.8. The number of ether oxygens (including phenoxy) is 1. The van der Waals surface area contributed by atoms with E-state index in [9.17, 15) is 9.36 Å². The van der Waals surface area contributed by atoms with Gasteiger partial charge in [-0.15, -0.1) is 0 Å². The molecule has 6 heteroatoms. The zero-order valence-electron chi connectivity index (χ0n) is 6.34. The van der Waals surface area contributed by atoms with Crippen molar-refractivity contribution in [1.82, 2.24) is 0 Å². The molecule has 1 aliphatic heterocycles. The Morgan fingerprint density at radius 3 is 2.54 bits per heavy atom. The van der Waals surface area contributed by atoms with Crippen molar-refractivity contribution in [3.05, 3.63) is 24.3 Å². The largest absolute Gasteiger partial charge is 0.485 e. The van der Waals surface area contributed by atoms with Crippen LogP contribution in [0.4, 0.5) is 4.79 Å². The van der Waals surface area contributed by atoms with Crippen molar-refractivity contribution in [3.8, 4) is 11.5 Å². The minimum atomic E-state index is -4.27. The highest BCUT2D eigenvalue weighted by molar-refractivity contribution is 7.70. The maximum absolute atomic E-state index is 11.0. The maximum atomic E-state index is 11.0. The molecule has 0 saturated carbocycles. The normalized spacial score (nSPS) is 25.8. The quantitative estimate of drug-likeness (QED) is 0.646. The lowest BCUT2D eigenvalue weighted by Crippen LogP contribution is -2.15. The van der Waals surface area contributed by atoms with E-state index in [1.165, 1.54) is 12.1 Å².